The van der Waals surface area contributed by atoms with Crippen LogP contribution in [0.15, 0.2) is 73.1 Å². The van der Waals surface area contributed by atoms with Gasteiger partial charge in [0.2, 0.25) is 0 Å². The molecule has 0 fully saturated rings. The van der Waals surface area contributed by atoms with Gasteiger partial charge in [-0.2, -0.15) is 0 Å². The molecule has 0 aliphatic rings. The number of anilines is 1. The number of carboxylic acid groups (broad SMARTS) is 1. The maximum atomic E-state index is 12.7. The molecule has 0 saturated heterocycles. The van der Waals surface area contributed by atoms with Crippen molar-refractivity contribution < 1.29 is 14.7 Å². The first kappa shape index (κ1) is 21.3. The zero-order valence-corrected chi connectivity index (χ0v) is 18.3. The number of hydrogen-bond acceptors (Lipinski definition) is 3. The Morgan fingerprint density at radius 3 is 2.22 bits per heavy atom. The van der Waals surface area contributed by atoms with Crippen molar-refractivity contribution in [2.75, 3.05) is 5.32 Å². The number of nitrogens with zero attached hydrogens (tertiary/aromatic N) is 2. The van der Waals surface area contributed by atoms with Gasteiger partial charge < -0.3 is 15.0 Å². The van der Waals surface area contributed by atoms with Gasteiger partial charge in [-0.05, 0) is 52.9 Å². The predicted octanol–water partition coefficient (Wildman–Crippen LogP) is 5.33. The van der Waals surface area contributed by atoms with E-state index in [1.165, 1.54) is 35.4 Å². The molecule has 0 bridgehead atoms. The number of imidazole rings is 1. The van der Waals surface area contributed by atoms with Gasteiger partial charge in [-0.25, -0.2) is 9.78 Å². The van der Waals surface area contributed by atoms with Crippen LogP contribution in [0.1, 0.15) is 52.6 Å². The fourth-order valence-corrected chi connectivity index (χ4v) is 3.58. The first-order valence-electron chi connectivity index (χ1n) is 10.4. The van der Waals surface area contributed by atoms with Gasteiger partial charge in [0.05, 0.1) is 23.1 Å². The highest BCUT2D eigenvalue weighted by molar-refractivity contribution is 6.08. The van der Waals surface area contributed by atoms with Crippen LogP contribution in [0.25, 0.3) is 11.0 Å². The Bertz CT molecular complexity index is 1280. The van der Waals surface area contributed by atoms with Gasteiger partial charge in [0.25, 0.3) is 5.91 Å². The average molecular weight is 428 g/mol. The van der Waals surface area contributed by atoms with Gasteiger partial charge in [-0.15, -0.1) is 0 Å². The first-order chi connectivity index (χ1) is 15.2. The SMILES string of the molecule is CC(C)(C)c1ccc(Cn2cnc3c(NC(=O)c4ccc(C(=O)O)cc4)cccc32)cc1. The molecule has 1 aromatic heterocycles. The summed E-state index contributed by atoms with van der Waals surface area (Å²) in [6.45, 7) is 7.26. The number of benzene rings is 3. The lowest BCUT2D eigenvalue weighted by atomic mass is 9.87. The number of aromatic nitrogens is 2. The second-order valence-corrected chi connectivity index (χ2v) is 8.83. The fraction of sp³-hybridized carbons (Fsp3) is 0.192. The highest BCUT2D eigenvalue weighted by Crippen LogP contribution is 2.25. The Balaban J connectivity index is 1.55. The maximum Gasteiger partial charge on any atom is 0.335 e. The van der Waals surface area contributed by atoms with Crippen molar-refractivity contribution in [3.63, 3.8) is 0 Å². The number of hydrogen-bond donors (Lipinski definition) is 2. The van der Waals surface area contributed by atoms with E-state index in [1.807, 2.05) is 12.1 Å². The number of rotatable bonds is 5. The van der Waals surface area contributed by atoms with Crippen molar-refractivity contribution >= 4 is 28.6 Å². The van der Waals surface area contributed by atoms with Crippen LogP contribution in [0.2, 0.25) is 0 Å². The average Bonchev–Trinajstić information content (AvgIpc) is 3.17. The molecule has 1 amide bonds. The molecule has 2 N–H and O–H groups in total. The van der Waals surface area contributed by atoms with E-state index in [4.69, 9.17) is 5.11 Å². The Kier molecular flexibility index (Phi) is 5.53. The second kappa shape index (κ2) is 8.30. The van der Waals surface area contributed by atoms with Gasteiger partial charge in [0.15, 0.2) is 0 Å². The molecule has 3 aromatic carbocycles. The molecule has 1 heterocycles. The molecule has 4 aromatic rings. The summed E-state index contributed by atoms with van der Waals surface area (Å²) in [5.41, 5.74) is 5.32. The standard InChI is InChI=1S/C26H25N3O3/c1-26(2,3)20-13-7-17(8-14-20)15-29-16-27-23-21(5-4-6-22(23)29)28-24(30)18-9-11-19(12-10-18)25(31)32/h4-14,16H,15H2,1-3H3,(H,28,30)(H,31,32). The van der Waals surface area contributed by atoms with Crippen molar-refractivity contribution in [2.24, 2.45) is 0 Å². The molecule has 0 atom stereocenters. The zero-order valence-electron chi connectivity index (χ0n) is 18.3. The molecule has 0 aliphatic heterocycles. The largest absolute Gasteiger partial charge is 0.478 e. The van der Waals surface area contributed by atoms with Gasteiger partial charge in [-0.1, -0.05) is 51.1 Å². The molecule has 6 heteroatoms. The smallest absolute Gasteiger partial charge is 0.335 e. The Hall–Kier alpha value is -3.93. The van der Waals surface area contributed by atoms with Crippen LogP contribution >= 0.6 is 0 Å². The minimum atomic E-state index is -1.03. The van der Waals surface area contributed by atoms with Crippen LogP contribution in [0, 0.1) is 0 Å². The Morgan fingerprint density at radius 1 is 0.938 bits per heavy atom. The van der Waals surface area contributed by atoms with Gasteiger partial charge in [0.1, 0.15) is 5.52 Å². The van der Waals surface area contributed by atoms with Crippen LogP contribution in [0.5, 0.6) is 0 Å². The van der Waals surface area contributed by atoms with Crippen molar-refractivity contribution in [2.45, 2.75) is 32.7 Å². The Labute approximate surface area is 186 Å². The summed E-state index contributed by atoms with van der Waals surface area (Å²) in [4.78, 5) is 28.2. The summed E-state index contributed by atoms with van der Waals surface area (Å²) in [7, 11) is 0. The highest BCUT2D eigenvalue weighted by Gasteiger charge is 2.14. The van der Waals surface area contributed by atoms with Gasteiger partial charge >= 0.3 is 5.97 Å². The van der Waals surface area contributed by atoms with Crippen LogP contribution in [0.4, 0.5) is 5.69 Å². The molecule has 0 radical (unpaired) electrons. The molecule has 0 saturated carbocycles. The number of para-hydroxylation sites is 1. The van der Waals surface area contributed by atoms with E-state index in [2.05, 4.69) is 59.9 Å². The van der Waals surface area contributed by atoms with Crippen molar-refractivity contribution in [1.29, 1.82) is 0 Å². The molecule has 162 valence electrons. The van der Waals surface area contributed by atoms with E-state index in [-0.39, 0.29) is 16.9 Å². The van der Waals surface area contributed by atoms with Crippen molar-refractivity contribution in [1.82, 2.24) is 9.55 Å². The van der Waals surface area contributed by atoms with E-state index in [1.54, 1.807) is 12.4 Å². The van der Waals surface area contributed by atoms with E-state index in [0.29, 0.717) is 23.3 Å². The number of carboxylic acids is 1. The highest BCUT2D eigenvalue weighted by atomic mass is 16.4. The third-order valence-corrected chi connectivity index (χ3v) is 5.47. The maximum absolute atomic E-state index is 12.7. The summed E-state index contributed by atoms with van der Waals surface area (Å²) < 4.78 is 2.05. The lowest BCUT2D eigenvalue weighted by molar-refractivity contribution is 0.0696. The minimum absolute atomic E-state index is 0.112. The summed E-state index contributed by atoms with van der Waals surface area (Å²) in [6, 6.07) is 20.1. The lowest BCUT2D eigenvalue weighted by Gasteiger charge is -2.19. The van der Waals surface area contributed by atoms with E-state index < -0.39 is 5.97 Å². The monoisotopic (exact) mass is 427 g/mol. The van der Waals surface area contributed by atoms with Crippen LogP contribution in [0.3, 0.4) is 0 Å². The van der Waals surface area contributed by atoms with Crippen LogP contribution in [-0.4, -0.2) is 26.5 Å². The van der Waals surface area contributed by atoms with Gasteiger partial charge in [-0.3, -0.25) is 4.79 Å². The molecule has 4 rings (SSSR count). The van der Waals surface area contributed by atoms with Crippen molar-refractivity contribution in [3.05, 3.63) is 95.3 Å². The topological polar surface area (TPSA) is 84.2 Å². The Morgan fingerprint density at radius 2 is 1.59 bits per heavy atom. The number of aromatic carboxylic acids is 1. The number of fused-ring (bicyclic) bond motifs is 1. The summed E-state index contributed by atoms with van der Waals surface area (Å²) in [6.07, 6.45) is 1.78. The molecule has 0 aliphatic carbocycles. The molecular weight excluding hydrogens is 402 g/mol. The molecular formula is C26H25N3O3. The normalized spacial score (nSPS) is 11.5. The summed E-state index contributed by atoms with van der Waals surface area (Å²) in [5, 5.41) is 11.9. The molecule has 32 heavy (non-hydrogen) atoms. The fourth-order valence-electron chi connectivity index (χ4n) is 3.58. The van der Waals surface area contributed by atoms with E-state index >= 15 is 0 Å². The predicted molar refractivity (Wildman–Crippen MR) is 125 cm³/mol. The zero-order chi connectivity index (χ0) is 22.9. The lowest BCUT2D eigenvalue weighted by Crippen LogP contribution is -2.12. The van der Waals surface area contributed by atoms with Gasteiger partial charge in [0, 0.05) is 12.1 Å². The third kappa shape index (κ3) is 4.39. The van der Waals surface area contributed by atoms with Crippen LogP contribution in [-0.2, 0) is 12.0 Å². The molecule has 0 unspecified atom stereocenters. The van der Waals surface area contributed by atoms with E-state index in [0.717, 1.165) is 5.52 Å². The number of amides is 1. The third-order valence-electron chi connectivity index (χ3n) is 5.47. The number of nitrogens with one attached hydrogen (secondary N) is 1. The second-order valence-electron chi connectivity index (χ2n) is 8.83. The summed E-state index contributed by atoms with van der Waals surface area (Å²) >= 11 is 0. The van der Waals surface area contributed by atoms with Crippen molar-refractivity contribution in [3.8, 4) is 0 Å². The van der Waals surface area contributed by atoms with Crippen LogP contribution < -0.4 is 5.32 Å². The van der Waals surface area contributed by atoms with E-state index in [9.17, 15) is 9.59 Å². The molecule has 6 nitrogen and oxygen atoms in total. The minimum Gasteiger partial charge on any atom is -0.478 e. The number of carbonyl (C=O) groups excluding carboxylic acids is 1. The summed E-state index contributed by atoms with van der Waals surface area (Å²) in [5.74, 6) is -1.35. The molecule has 0 spiro atoms. The quantitative estimate of drug-likeness (QED) is 0.451. The number of carbonyl (C=O) groups is 2. The first-order valence-corrected chi connectivity index (χ1v) is 10.4.